The number of nitriles is 1. The molecule has 2 aromatic rings. The fourth-order valence-corrected chi connectivity index (χ4v) is 4.16. The van der Waals surface area contributed by atoms with Crippen molar-refractivity contribution in [1.82, 2.24) is 19.7 Å². The second kappa shape index (κ2) is 6.66. The van der Waals surface area contributed by atoms with E-state index in [1.807, 2.05) is 0 Å². The molecule has 0 N–H and O–H groups in total. The molecule has 130 valence electrons. The Kier molecular flexibility index (Phi) is 4.36. The van der Waals surface area contributed by atoms with E-state index in [1.165, 1.54) is 29.8 Å². The summed E-state index contributed by atoms with van der Waals surface area (Å²) in [6, 6.07) is 3.76. The Morgan fingerprint density at radius 2 is 2.04 bits per heavy atom. The lowest BCUT2D eigenvalue weighted by Gasteiger charge is -2.35. The molecule has 0 amide bonds. The van der Waals surface area contributed by atoms with E-state index >= 15 is 0 Å². The highest BCUT2D eigenvalue weighted by Crippen LogP contribution is 2.27. The van der Waals surface area contributed by atoms with Crippen LogP contribution in [0.25, 0.3) is 0 Å². The molecule has 0 spiro atoms. The summed E-state index contributed by atoms with van der Waals surface area (Å²) in [5.74, 6) is 0.777. The van der Waals surface area contributed by atoms with Crippen LogP contribution in [0.15, 0.2) is 12.3 Å². The number of fused-ring (bicyclic) bond motifs is 1. The van der Waals surface area contributed by atoms with Gasteiger partial charge in [-0.15, -0.1) is 0 Å². The van der Waals surface area contributed by atoms with E-state index in [4.69, 9.17) is 22.0 Å². The molecule has 2 aromatic heterocycles. The van der Waals surface area contributed by atoms with Crippen molar-refractivity contribution in [3.05, 3.63) is 39.8 Å². The lowest BCUT2D eigenvalue weighted by atomic mass is 10.2. The maximum absolute atomic E-state index is 8.93. The van der Waals surface area contributed by atoms with Crippen LogP contribution >= 0.6 is 11.6 Å². The molecule has 0 radical (unpaired) electrons. The first-order chi connectivity index (χ1) is 12.2. The number of piperazine rings is 1. The third-order valence-electron chi connectivity index (χ3n) is 5.19. The van der Waals surface area contributed by atoms with Gasteiger partial charge in [0.1, 0.15) is 11.9 Å². The van der Waals surface area contributed by atoms with Gasteiger partial charge in [0.15, 0.2) is 0 Å². The predicted molar refractivity (Wildman–Crippen MR) is 96.7 cm³/mol. The Labute approximate surface area is 152 Å². The number of hydrogen-bond donors (Lipinski definition) is 0. The number of nitrogens with zero attached hydrogens (tertiary/aromatic N) is 6. The van der Waals surface area contributed by atoms with Crippen LogP contribution in [0.5, 0.6) is 0 Å². The number of aromatic nitrogens is 3. The van der Waals surface area contributed by atoms with E-state index in [0.717, 1.165) is 45.0 Å². The Hall–Kier alpha value is -2.10. The third-order valence-corrected chi connectivity index (χ3v) is 5.47. The van der Waals surface area contributed by atoms with Crippen LogP contribution in [-0.4, -0.2) is 45.8 Å². The molecule has 0 saturated carbocycles. The number of aryl methyl sites for hydroxylation is 1. The Balaban J connectivity index is 1.41. The minimum Gasteiger partial charge on any atom is -0.353 e. The van der Waals surface area contributed by atoms with E-state index < -0.39 is 0 Å². The molecular weight excluding hydrogens is 336 g/mol. The van der Waals surface area contributed by atoms with Gasteiger partial charge in [0, 0.05) is 51.7 Å². The molecule has 0 aromatic carbocycles. The van der Waals surface area contributed by atoms with Crippen LogP contribution in [0.1, 0.15) is 28.9 Å². The van der Waals surface area contributed by atoms with Crippen LogP contribution in [-0.2, 0) is 26.4 Å². The van der Waals surface area contributed by atoms with Gasteiger partial charge < -0.3 is 4.90 Å². The van der Waals surface area contributed by atoms with E-state index in [0.29, 0.717) is 10.6 Å². The lowest BCUT2D eigenvalue weighted by molar-refractivity contribution is 0.245. The average molecular weight is 357 g/mol. The quantitative estimate of drug-likeness (QED) is 0.843. The normalized spacial score (nSPS) is 17.6. The van der Waals surface area contributed by atoms with Gasteiger partial charge in [-0.05, 0) is 30.9 Å². The van der Waals surface area contributed by atoms with Crippen molar-refractivity contribution >= 4 is 17.4 Å². The first-order valence-corrected chi connectivity index (χ1v) is 9.10. The van der Waals surface area contributed by atoms with E-state index in [1.54, 1.807) is 12.3 Å². The van der Waals surface area contributed by atoms with Crippen molar-refractivity contribution in [3.63, 3.8) is 0 Å². The van der Waals surface area contributed by atoms with Crippen LogP contribution in [0.2, 0.25) is 5.02 Å². The number of halogens is 1. The molecule has 7 heteroatoms. The molecule has 2 aliphatic rings. The van der Waals surface area contributed by atoms with Crippen molar-refractivity contribution < 1.29 is 0 Å². The molecule has 1 saturated heterocycles. The summed E-state index contributed by atoms with van der Waals surface area (Å²) >= 11 is 6.29. The Morgan fingerprint density at radius 3 is 2.76 bits per heavy atom. The number of hydrogen-bond acceptors (Lipinski definition) is 5. The number of anilines is 1. The first-order valence-electron chi connectivity index (χ1n) is 8.72. The number of rotatable bonds is 3. The summed E-state index contributed by atoms with van der Waals surface area (Å²) in [6.45, 7) is 4.61. The SMILES string of the molecule is Cn1nc(CN2CCN(c3ncc(C#N)cc3Cl)CC2)c2c1CCC2. The number of pyridine rings is 1. The zero-order chi connectivity index (χ0) is 17.4. The fourth-order valence-electron chi connectivity index (χ4n) is 3.88. The van der Waals surface area contributed by atoms with Crippen LogP contribution < -0.4 is 4.90 Å². The zero-order valence-electron chi connectivity index (χ0n) is 14.4. The topological polar surface area (TPSA) is 61.0 Å². The molecule has 3 heterocycles. The summed E-state index contributed by atoms with van der Waals surface area (Å²) in [7, 11) is 2.06. The van der Waals surface area contributed by atoms with Crippen molar-refractivity contribution in [1.29, 1.82) is 5.26 Å². The van der Waals surface area contributed by atoms with Gasteiger partial charge in [-0.25, -0.2) is 4.98 Å². The molecule has 1 fully saturated rings. The molecule has 6 nitrogen and oxygen atoms in total. The van der Waals surface area contributed by atoms with Gasteiger partial charge in [-0.3, -0.25) is 9.58 Å². The van der Waals surface area contributed by atoms with Crippen molar-refractivity contribution in [2.75, 3.05) is 31.1 Å². The van der Waals surface area contributed by atoms with Gasteiger partial charge in [0.05, 0.1) is 16.3 Å². The van der Waals surface area contributed by atoms with Gasteiger partial charge in [0.25, 0.3) is 0 Å². The van der Waals surface area contributed by atoms with E-state index in [-0.39, 0.29) is 0 Å². The molecule has 0 bridgehead atoms. The van der Waals surface area contributed by atoms with Crippen molar-refractivity contribution in [2.45, 2.75) is 25.8 Å². The highest BCUT2D eigenvalue weighted by Gasteiger charge is 2.25. The second-order valence-corrected chi connectivity index (χ2v) is 7.16. The van der Waals surface area contributed by atoms with Crippen LogP contribution in [0.3, 0.4) is 0 Å². The highest BCUT2D eigenvalue weighted by atomic mass is 35.5. The monoisotopic (exact) mass is 356 g/mol. The minimum atomic E-state index is 0.497. The predicted octanol–water partition coefficient (Wildman–Crippen LogP) is 2.15. The average Bonchev–Trinajstić information content (AvgIpc) is 3.21. The van der Waals surface area contributed by atoms with Crippen molar-refractivity contribution in [3.8, 4) is 6.07 Å². The molecule has 4 rings (SSSR count). The smallest absolute Gasteiger partial charge is 0.147 e. The fraction of sp³-hybridized carbons (Fsp3) is 0.500. The van der Waals surface area contributed by atoms with E-state index in [2.05, 4.69) is 32.6 Å². The summed E-state index contributed by atoms with van der Waals surface area (Å²) in [5, 5.41) is 14.2. The molecule has 25 heavy (non-hydrogen) atoms. The molecule has 0 unspecified atom stereocenters. The second-order valence-electron chi connectivity index (χ2n) is 6.75. The minimum absolute atomic E-state index is 0.497. The van der Waals surface area contributed by atoms with Crippen LogP contribution in [0.4, 0.5) is 5.82 Å². The maximum atomic E-state index is 8.93. The lowest BCUT2D eigenvalue weighted by Crippen LogP contribution is -2.46. The molecular formula is C18H21ClN6. The third kappa shape index (κ3) is 3.10. The largest absolute Gasteiger partial charge is 0.353 e. The molecule has 1 aliphatic carbocycles. The molecule has 1 aliphatic heterocycles. The van der Waals surface area contributed by atoms with Gasteiger partial charge in [-0.2, -0.15) is 10.4 Å². The summed E-state index contributed by atoms with van der Waals surface area (Å²) in [6.07, 6.45) is 5.17. The van der Waals surface area contributed by atoms with E-state index in [9.17, 15) is 0 Å². The van der Waals surface area contributed by atoms with Crippen molar-refractivity contribution in [2.24, 2.45) is 7.05 Å². The highest BCUT2D eigenvalue weighted by molar-refractivity contribution is 6.33. The Morgan fingerprint density at radius 1 is 1.24 bits per heavy atom. The Bertz CT molecular complexity index is 829. The molecule has 0 atom stereocenters. The summed E-state index contributed by atoms with van der Waals surface area (Å²) in [4.78, 5) is 9.02. The summed E-state index contributed by atoms with van der Waals surface area (Å²) < 4.78 is 2.06. The van der Waals surface area contributed by atoms with Gasteiger partial charge >= 0.3 is 0 Å². The van der Waals surface area contributed by atoms with Gasteiger partial charge in [-0.1, -0.05) is 11.6 Å². The summed E-state index contributed by atoms with van der Waals surface area (Å²) in [5.41, 5.74) is 4.64. The van der Waals surface area contributed by atoms with Crippen LogP contribution in [0, 0.1) is 11.3 Å². The first kappa shape index (κ1) is 16.4. The standard InChI is InChI=1S/C18H21ClN6/c1-23-17-4-2-3-14(17)16(22-23)12-24-5-7-25(8-6-24)18-15(19)9-13(10-20)11-21-18/h9,11H,2-8,12H2,1H3. The zero-order valence-corrected chi connectivity index (χ0v) is 15.1. The van der Waals surface area contributed by atoms with Gasteiger partial charge in [0.2, 0.25) is 0 Å². The maximum Gasteiger partial charge on any atom is 0.147 e.